The summed E-state index contributed by atoms with van der Waals surface area (Å²) in [5.74, 6) is 0.0849. The number of hydrogen-bond acceptors (Lipinski definition) is 6. The van der Waals surface area contributed by atoms with Crippen LogP contribution < -0.4 is 15.4 Å². The molecule has 0 aromatic heterocycles. The summed E-state index contributed by atoms with van der Waals surface area (Å²) in [6.45, 7) is 13.3. The normalized spacial score (nSPS) is 11.6. The van der Waals surface area contributed by atoms with E-state index in [-0.39, 0.29) is 12.3 Å². The molecule has 3 aromatic carbocycles. The summed E-state index contributed by atoms with van der Waals surface area (Å²) in [7, 11) is 0. The molecule has 0 bridgehead atoms. The van der Waals surface area contributed by atoms with Gasteiger partial charge in [-0.15, -0.1) is 0 Å². The molecule has 222 valence electrons. The molecule has 0 saturated carbocycles. The molecular formula is C34H40N2O6. The Labute approximate surface area is 248 Å². The minimum Gasteiger partial charge on any atom is -0.494 e. The Hall–Kier alpha value is -4.59. The highest BCUT2D eigenvalue weighted by Crippen LogP contribution is 2.31. The minimum absolute atomic E-state index is 0.106. The molecule has 2 N–H and O–H groups in total. The first-order valence-corrected chi connectivity index (χ1v) is 13.9. The molecule has 3 rings (SSSR count). The lowest BCUT2D eigenvalue weighted by atomic mass is 10.0. The van der Waals surface area contributed by atoms with Crippen molar-refractivity contribution in [2.75, 3.05) is 17.2 Å². The van der Waals surface area contributed by atoms with Crippen molar-refractivity contribution in [3.05, 3.63) is 83.9 Å². The van der Waals surface area contributed by atoms with Crippen molar-refractivity contribution in [3.8, 4) is 16.9 Å². The van der Waals surface area contributed by atoms with Crippen LogP contribution in [0.5, 0.6) is 5.75 Å². The Morgan fingerprint density at radius 2 is 1.36 bits per heavy atom. The fourth-order valence-electron chi connectivity index (χ4n) is 3.89. The lowest BCUT2D eigenvalue weighted by Gasteiger charge is -2.21. The van der Waals surface area contributed by atoms with Crippen molar-refractivity contribution >= 4 is 35.4 Å². The number of anilines is 2. The molecule has 0 spiro atoms. The van der Waals surface area contributed by atoms with Gasteiger partial charge in [-0.1, -0.05) is 42.5 Å². The molecule has 0 aliphatic rings. The first-order chi connectivity index (χ1) is 19.7. The fraction of sp³-hybridized carbons (Fsp3) is 0.324. The third kappa shape index (κ3) is 10.8. The zero-order chi connectivity index (χ0) is 30.9. The molecule has 0 saturated heterocycles. The van der Waals surface area contributed by atoms with E-state index in [4.69, 9.17) is 14.2 Å². The monoisotopic (exact) mass is 572 g/mol. The Balaban J connectivity index is 1.76. The molecule has 0 heterocycles. The van der Waals surface area contributed by atoms with E-state index in [9.17, 15) is 14.4 Å². The number of amides is 2. The SMILES string of the molecule is CCOc1ccc(-c2ccc(NC(=O)OC(C)(C)C)c(NC(=O)Cc3ccc(/C=C/C(=O)OC(C)(C)C)cc3)c2)cc1. The van der Waals surface area contributed by atoms with Crippen LogP contribution >= 0.6 is 0 Å². The second-order valence-corrected chi connectivity index (χ2v) is 11.7. The van der Waals surface area contributed by atoms with Crippen LogP contribution in [0, 0.1) is 0 Å². The summed E-state index contributed by atoms with van der Waals surface area (Å²) < 4.78 is 16.2. The van der Waals surface area contributed by atoms with E-state index < -0.39 is 23.3 Å². The van der Waals surface area contributed by atoms with E-state index in [1.165, 1.54) is 6.08 Å². The lowest BCUT2D eigenvalue weighted by molar-refractivity contribution is -0.148. The van der Waals surface area contributed by atoms with E-state index in [1.807, 2.05) is 88.4 Å². The van der Waals surface area contributed by atoms with Crippen LogP contribution in [0.15, 0.2) is 72.8 Å². The first-order valence-electron chi connectivity index (χ1n) is 13.9. The molecule has 8 heteroatoms. The number of benzene rings is 3. The molecule has 8 nitrogen and oxygen atoms in total. The molecule has 3 aromatic rings. The molecule has 42 heavy (non-hydrogen) atoms. The van der Waals surface area contributed by atoms with Gasteiger partial charge in [0, 0.05) is 6.08 Å². The molecule has 0 aliphatic heterocycles. The van der Waals surface area contributed by atoms with Crippen molar-refractivity contribution in [1.82, 2.24) is 0 Å². The average molecular weight is 573 g/mol. The van der Waals surface area contributed by atoms with E-state index in [1.54, 1.807) is 32.9 Å². The first kappa shape index (κ1) is 31.9. The molecule has 0 aliphatic carbocycles. The van der Waals surface area contributed by atoms with E-state index in [0.717, 1.165) is 28.0 Å². The average Bonchev–Trinajstić information content (AvgIpc) is 2.88. The van der Waals surface area contributed by atoms with Gasteiger partial charge in [0.2, 0.25) is 5.91 Å². The maximum Gasteiger partial charge on any atom is 0.412 e. The lowest BCUT2D eigenvalue weighted by Crippen LogP contribution is -2.27. The Morgan fingerprint density at radius 1 is 0.738 bits per heavy atom. The van der Waals surface area contributed by atoms with Crippen LogP contribution in [0.4, 0.5) is 16.2 Å². The van der Waals surface area contributed by atoms with Crippen molar-refractivity contribution < 1.29 is 28.6 Å². The quantitative estimate of drug-likeness (QED) is 0.202. The summed E-state index contributed by atoms with van der Waals surface area (Å²) >= 11 is 0. The van der Waals surface area contributed by atoms with Gasteiger partial charge in [-0.2, -0.15) is 0 Å². The van der Waals surface area contributed by atoms with Gasteiger partial charge in [0.15, 0.2) is 0 Å². The summed E-state index contributed by atoms with van der Waals surface area (Å²) in [6.07, 6.45) is 2.53. The molecular weight excluding hydrogens is 532 g/mol. The second-order valence-electron chi connectivity index (χ2n) is 11.7. The predicted octanol–water partition coefficient (Wildman–Crippen LogP) is 7.64. The van der Waals surface area contributed by atoms with E-state index >= 15 is 0 Å². The fourth-order valence-corrected chi connectivity index (χ4v) is 3.89. The van der Waals surface area contributed by atoms with Crippen molar-refractivity contribution in [1.29, 1.82) is 0 Å². The molecule has 2 amide bonds. The highest BCUT2D eigenvalue weighted by atomic mass is 16.6. The van der Waals surface area contributed by atoms with Gasteiger partial charge >= 0.3 is 12.1 Å². The number of rotatable bonds is 9. The number of carbonyl (C=O) groups excluding carboxylic acids is 3. The highest BCUT2D eigenvalue weighted by molar-refractivity contribution is 5.99. The van der Waals surface area contributed by atoms with Crippen LogP contribution in [0.25, 0.3) is 17.2 Å². The smallest absolute Gasteiger partial charge is 0.412 e. The van der Waals surface area contributed by atoms with Gasteiger partial charge in [0.1, 0.15) is 17.0 Å². The van der Waals surface area contributed by atoms with Gasteiger partial charge in [-0.25, -0.2) is 9.59 Å². The largest absolute Gasteiger partial charge is 0.494 e. The summed E-state index contributed by atoms with van der Waals surface area (Å²) in [4.78, 5) is 37.5. The maximum atomic E-state index is 13.1. The summed E-state index contributed by atoms with van der Waals surface area (Å²) in [6, 6.07) is 20.3. The number of ether oxygens (including phenoxy) is 3. The molecule has 0 fully saturated rings. The highest BCUT2D eigenvalue weighted by Gasteiger charge is 2.19. The van der Waals surface area contributed by atoms with Gasteiger partial charge in [-0.3, -0.25) is 10.1 Å². The Kier molecular flexibility index (Phi) is 10.5. The van der Waals surface area contributed by atoms with E-state index in [0.29, 0.717) is 18.0 Å². The zero-order valence-electron chi connectivity index (χ0n) is 25.4. The van der Waals surface area contributed by atoms with Crippen LogP contribution in [-0.2, 0) is 25.5 Å². The van der Waals surface area contributed by atoms with Crippen molar-refractivity contribution in [3.63, 3.8) is 0 Å². The van der Waals surface area contributed by atoms with Crippen LogP contribution in [0.1, 0.15) is 59.6 Å². The van der Waals surface area contributed by atoms with Crippen LogP contribution in [0.2, 0.25) is 0 Å². The number of esters is 1. The minimum atomic E-state index is -0.677. The Morgan fingerprint density at radius 3 is 1.95 bits per heavy atom. The van der Waals surface area contributed by atoms with Gasteiger partial charge in [0.25, 0.3) is 0 Å². The zero-order valence-corrected chi connectivity index (χ0v) is 25.4. The van der Waals surface area contributed by atoms with Gasteiger partial charge in [0.05, 0.1) is 24.4 Å². The predicted molar refractivity (Wildman–Crippen MR) is 167 cm³/mol. The third-order valence-electron chi connectivity index (χ3n) is 5.59. The summed E-state index contributed by atoms with van der Waals surface area (Å²) in [5.41, 5.74) is 2.97. The molecule has 0 radical (unpaired) electrons. The maximum absolute atomic E-state index is 13.1. The van der Waals surface area contributed by atoms with Crippen molar-refractivity contribution in [2.45, 2.75) is 66.1 Å². The molecule has 0 unspecified atom stereocenters. The topological polar surface area (TPSA) is 103 Å². The second kappa shape index (κ2) is 13.9. The molecule has 0 atom stereocenters. The number of nitrogens with one attached hydrogen (secondary N) is 2. The van der Waals surface area contributed by atoms with Crippen molar-refractivity contribution in [2.24, 2.45) is 0 Å². The van der Waals surface area contributed by atoms with Crippen LogP contribution in [-0.4, -0.2) is 35.8 Å². The van der Waals surface area contributed by atoms with Gasteiger partial charge < -0.3 is 19.5 Å². The van der Waals surface area contributed by atoms with Gasteiger partial charge in [-0.05, 0) is 101 Å². The van der Waals surface area contributed by atoms with Crippen LogP contribution in [0.3, 0.4) is 0 Å². The number of carbonyl (C=O) groups is 3. The standard InChI is InChI=1S/C34H40N2O6/c1-8-40-27-17-14-25(15-18-27)26-16-19-28(36-32(39)42-34(5,6)7)29(22-26)35-30(37)21-24-11-9-23(10-12-24)13-20-31(38)41-33(2,3)4/h9-20,22H,8,21H2,1-7H3,(H,35,37)(H,36,39)/b20-13+. The summed E-state index contributed by atoms with van der Waals surface area (Å²) in [5, 5.41) is 5.68. The Bertz CT molecular complexity index is 1410. The number of hydrogen-bond donors (Lipinski definition) is 2. The van der Waals surface area contributed by atoms with E-state index in [2.05, 4.69) is 10.6 Å². The third-order valence-corrected chi connectivity index (χ3v) is 5.59.